The Bertz CT molecular complexity index is 644. The summed E-state index contributed by atoms with van der Waals surface area (Å²) in [5.41, 5.74) is 2.57. The van der Waals surface area contributed by atoms with Gasteiger partial charge >= 0.3 is 0 Å². The number of hydrogen-bond acceptors (Lipinski definition) is 2. The predicted molar refractivity (Wildman–Crippen MR) is 81.6 cm³/mol. The molecule has 4 heteroatoms. The van der Waals surface area contributed by atoms with Crippen molar-refractivity contribution in [1.29, 1.82) is 0 Å². The first-order valence-electron chi connectivity index (χ1n) is 6.77. The highest BCUT2D eigenvalue weighted by Gasteiger charge is 2.22. The number of aromatic nitrogens is 1. The van der Waals surface area contributed by atoms with Crippen LogP contribution in [0.2, 0.25) is 0 Å². The standard InChI is InChI=1S/C16H21N3O/c1-11(19(3,4)5)14-10-9-12-13(16(20)17-2)7-6-8-15(12)18-14/h6-11H,1-5H3/p+1. The largest absolute Gasteiger partial charge is 0.355 e. The van der Waals surface area contributed by atoms with E-state index in [2.05, 4.69) is 33.4 Å². The summed E-state index contributed by atoms with van der Waals surface area (Å²) < 4.78 is 0.813. The number of nitrogens with zero attached hydrogens (tertiary/aromatic N) is 2. The minimum atomic E-state index is -0.0789. The molecule has 2 rings (SSSR count). The van der Waals surface area contributed by atoms with Crippen molar-refractivity contribution in [3.8, 4) is 0 Å². The first kappa shape index (κ1) is 14.5. The molecule has 4 nitrogen and oxygen atoms in total. The minimum Gasteiger partial charge on any atom is -0.355 e. The van der Waals surface area contributed by atoms with Crippen molar-refractivity contribution in [2.24, 2.45) is 0 Å². The van der Waals surface area contributed by atoms with Gasteiger partial charge in [0, 0.05) is 18.0 Å². The molecule has 0 saturated heterocycles. The fourth-order valence-electron chi connectivity index (χ4n) is 2.13. The van der Waals surface area contributed by atoms with E-state index in [-0.39, 0.29) is 5.91 Å². The Balaban J connectivity index is 2.54. The van der Waals surface area contributed by atoms with Gasteiger partial charge in [-0.1, -0.05) is 6.07 Å². The van der Waals surface area contributed by atoms with Gasteiger partial charge in [0.05, 0.1) is 32.4 Å². The maximum absolute atomic E-state index is 11.9. The lowest BCUT2D eigenvalue weighted by Gasteiger charge is -2.31. The quantitative estimate of drug-likeness (QED) is 0.872. The van der Waals surface area contributed by atoms with Crippen LogP contribution in [0.15, 0.2) is 30.3 Å². The van der Waals surface area contributed by atoms with E-state index in [1.165, 1.54) is 0 Å². The summed E-state index contributed by atoms with van der Waals surface area (Å²) >= 11 is 0. The molecule has 1 N–H and O–H groups in total. The first-order chi connectivity index (χ1) is 9.34. The zero-order valence-electron chi connectivity index (χ0n) is 12.8. The molecule has 1 aromatic carbocycles. The molecule has 0 fully saturated rings. The second-order valence-corrected chi connectivity index (χ2v) is 5.98. The normalized spacial score (nSPS) is 13.2. The van der Waals surface area contributed by atoms with Crippen LogP contribution >= 0.6 is 0 Å². The lowest BCUT2D eigenvalue weighted by Crippen LogP contribution is -2.37. The summed E-state index contributed by atoms with van der Waals surface area (Å²) in [5, 5.41) is 3.56. The number of carbonyl (C=O) groups excluding carboxylic acids is 1. The molecule has 0 saturated carbocycles. The highest BCUT2D eigenvalue weighted by molar-refractivity contribution is 6.06. The zero-order valence-corrected chi connectivity index (χ0v) is 12.8. The van der Waals surface area contributed by atoms with Gasteiger partial charge in [-0.15, -0.1) is 0 Å². The molecule has 1 atom stereocenters. The molecule has 0 aliphatic carbocycles. The highest BCUT2D eigenvalue weighted by atomic mass is 16.1. The molecular weight excluding hydrogens is 250 g/mol. The van der Waals surface area contributed by atoms with E-state index in [4.69, 9.17) is 4.98 Å². The molecule has 0 spiro atoms. The molecule has 1 amide bonds. The third kappa shape index (κ3) is 2.65. The van der Waals surface area contributed by atoms with E-state index in [0.717, 1.165) is 21.1 Å². The fraction of sp³-hybridized carbons (Fsp3) is 0.375. The van der Waals surface area contributed by atoms with Crippen LogP contribution in [0, 0.1) is 0 Å². The predicted octanol–water partition coefficient (Wildman–Crippen LogP) is 2.36. The molecule has 0 aliphatic rings. The maximum atomic E-state index is 11.9. The Kier molecular flexibility index (Phi) is 3.77. The van der Waals surface area contributed by atoms with Crippen LogP contribution in [-0.2, 0) is 0 Å². The Hall–Kier alpha value is -1.94. The van der Waals surface area contributed by atoms with E-state index in [1.807, 2.05) is 30.3 Å². The van der Waals surface area contributed by atoms with Gasteiger partial charge in [0.2, 0.25) is 0 Å². The van der Waals surface area contributed by atoms with Gasteiger partial charge in [-0.05, 0) is 31.2 Å². The van der Waals surface area contributed by atoms with E-state index in [9.17, 15) is 4.79 Å². The van der Waals surface area contributed by atoms with Crippen molar-refractivity contribution in [3.63, 3.8) is 0 Å². The summed E-state index contributed by atoms with van der Waals surface area (Å²) in [5.74, 6) is -0.0789. The molecule has 1 heterocycles. The number of rotatable bonds is 3. The third-order valence-electron chi connectivity index (χ3n) is 3.82. The number of benzene rings is 1. The van der Waals surface area contributed by atoms with E-state index in [1.54, 1.807) is 7.05 Å². The second kappa shape index (κ2) is 5.21. The number of hydrogen-bond donors (Lipinski definition) is 1. The van der Waals surface area contributed by atoms with Crippen molar-refractivity contribution in [2.45, 2.75) is 13.0 Å². The molecule has 0 bridgehead atoms. The molecule has 106 valence electrons. The Morgan fingerprint density at radius 2 is 1.90 bits per heavy atom. The third-order valence-corrected chi connectivity index (χ3v) is 3.82. The summed E-state index contributed by atoms with van der Waals surface area (Å²) in [6.07, 6.45) is 0. The summed E-state index contributed by atoms with van der Waals surface area (Å²) in [4.78, 5) is 16.6. The second-order valence-electron chi connectivity index (χ2n) is 5.98. The van der Waals surface area contributed by atoms with Crippen LogP contribution < -0.4 is 5.32 Å². The molecule has 20 heavy (non-hydrogen) atoms. The lowest BCUT2D eigenvalue weighted by molar-refractivity contribution is -0.900. The molecule has 1 unspecified atom stereocenters. The molecule has 0 radical (unpaired) electrons. The Morgan fingerprint density at radius 3 is 2.50 bits per heavy atom. The van der Waals surface area contributed by atoms with Crippen molar-refractivity contribution < 1.29 is 9.28 Å². The van der Waals surface area contributed by atoms with Gasteiger partial charge in [0.1, 0.15) is 6.04 Å². The summed E-state index contributed by atoms with van der Waals surface area (Å²) in [6, 6.07) is 9.96. The van der Waals surface area contributed by atoms with Crippen LogP contribution in [0.25, 0.3) is 10.9 Å². The van der Waals surface area contributed by atoms with Gasteiger partial charge in [0.15, 0.2) is 0 Å². The number of fused-ring (bicyclic) bond motifs is 1. The molecule has 2 aromatic rings. The van der Waals surface area contributed by atoms with Gasteiger partial charge in [-0.2, -0.15) is 0 Å². The first-order valence-corrected chi connectivity index (χ1v) is 6.77. The average molecular weight is 272 g/mol. The number of amides is 1. The molecule has 1 aromatic heterocycles. The van der Waals surface area contributed by atoms with Gasteiger partial charge in [0.25, 0.3) is 5.91 Å². The minimum absolute atomic E-state index is 0.0789. The SMILES string of the molecule is CNC(=O)c1cccc2nc(C(C)[N+](C)(C)C)ccc12. The monoisotopic (exact) mass is 272 g/mol. The average Bonchev–Trinajstić information content (AvgIpc) is 2.43. The topological polar surface area (TPSA) is 42.0 Å². The Morgan fingerprint density at radius 1 is 1.20 bits per heavy atom. The Labute approximate surface area is 120 Å². The van der Waals surface area contributed by atoms with Crippen LogP contribution in [0.5, 0.6) is 0 Å². The highest BCUT2D eigenvalue weighted by Crippen LogP contribution is 2.24. The van der Waals surface area contributed by atoms with E-state index < -0.39 is 0 Å². The lowest BCUT2D eigenvalue weighted by atomic mass is 10.1. The number of pyridine rings is 1. The smallest absolute Gasteiger partial charge is 0.251 e. The van der Waals surface area contributed by atoms with Gasteiger partial charge in [-0.25, -0.2) is 4.98 Å². The van der Waals surface area contributed by atoms with Crippen molar-refractivity contribution >= 4 is 16.8 Å². The summed E-state index contributed by atoms with van der Waals surface area (Å²) in [6.45, 7) is 2.16. The maximum Gasteiger partial charge on any atom is 0.251 e. The number of carbonyl (C=O) groups is 1. The van der Waals surface area contributed by atoms with Crippen molar-refractivity contribution in [3.05, 3.63) is 41.6 Å². The van der Waals surface area contributed by atoms with Crippen molar-refractivity contribution in [1.82, 2.24) is 10.3 Å². The van der Waals surface area contributed by atoms with Gasteiger partial charge in [-0.3, -0.25) is 4.79 Å². The van der Waals surface area contributed by atoms with Crippen LogP contribution in [-0.4, -0.2) is 43.6 Å². The fourth-order valence-corrected chi connectivity index (χ4v) is 2.13. The van der Waals surface area contributed by atoms with Crippen LogP contribution in [0.3, 0.4) is 0 Å². The van der Waals surface area contributed by atoms with Crippen LogP contribution in [0.1, 0.15) is 29.0 Å². The number of quaternary nitrogens is 1. The van der Waals surface area contributed by atoms with Gasteiger partial charge < -0.3 is 9.80 Å². The van der Waals surface area contributed by atoms with E-state index in [0.29, 0.717) is 11.6 Å². The van der Waals surface area contributed by atoms with Crippen molar-refractivity contribution in [2.75, 3.05) is 28.2 Å². The molecular formula is C16H22N3O+. The number of nitrogens with one attached hydrogen (secondary N) is 1. The molecule has 0 aliphatic heterocycles. The summed E-state index contributed by atoms with van der Waals surface area (Å²) in [7, 11) is 8.09. The zero-order chi connectivity index (χ0) is 14.9. The van der Waals surface area contributed by atoms with E-state index >= 15 is 0 Å². The van der Waals surface area contributed by atoms with Crippen LogP contribution in [0.4, 0.5) is 0 Å².